The van der Waals surface area contributed by atoms with Gasteiger partial charge in [-0.05, 0) is 29.3 Å². The van der Waals surface area contributed by atoms with Crippen molar-refractivity contribution in [2.45, 2.75) is 5.41 Å². The average molecular weight is 346 g/mol. The molecule has 1 aliphatic rings. The number of carboxylic acids is 1. The molecule has 0 saturated heterocycles. The van der Waals surface area contributed by atoms with Gasteiger partial charge in [0.1, 0.15) is 23.7 Å². The summed E-state index contributed by atoms with van der Waals surface area (Å²) < 4.78 is 11.2. The van der Waals surface area contributed by atoms with Crippen LogP contribution < -0.4 is 9.47 Å². The lowest BCUT2D eigenvalue weighted by Crippen LogP contribution is -2.31. The van der Waals surface area contributed by atoms with Gasteiger partial charge in [-0.3, -0.25) is 0 Å². The molecule has 1 atom stereocenters. The van der Waals surface area contributed by atoms with Crippen LogP contribution in [0.5, 0.6) is 11.5 Å². The van der Waals surface area contributed by atoms with Crippen LogP contribution >= 0.6 is 0 Å². The summed E-state index contributed by atoms with van der Waals surface area (Å²) in [6.07, 6.45) is 0. The average Bonchev–Trinajstić information content (AvgIpc) is 3.09. The van der Waals surface area contributed by atoms with E-state index in [1.54, 1.807) is 19.2 Å². The Bertz CT molecular complexity index is 948. The number of ether oxygens (including phenoxy) is 2. The first-order chi connectivity index (χ1) is 12.7. The Morgan fingerprint density at radius 2 is 1.65 bits per heavy atom. The minimum Gasteiger partial charge on any atom is -0.497 e. The molecule has 0 radical (unpaired) electrons. The highest BCUT2D eigenvalue weighted by Gasteiger charge is 2.45. The van der Waals surface area contributed by atoms with Crippen LogP contribution in [0.15, 0.2) is 72.8 Å². The Labute approximate surface area is 151 Å². The number of rotatable bonds is 4. The van der Waals surface area contributed by atoms with Gasteiger partial charge in [0.15, 0.2) is 0 Å². The molecule has 3 aromatic rings. The topological polar surface area (TPSA) is 55.8 Å². The van der Waals surface area contributed by atoms with Crippen molar-refractivity contribution < 1.29 is 19.4 Å². The lowest BCUT2D eigenvalue weighted by atomic mass is 9.70. The van der Waals surface area contributed by atoms with Gasteiger partial charge in [-0.25, -0.2) is 4.79 Å². The van der Waals surface area contributed by atoms with Gasteiger partial charge < -0.3 is 14.6 Å². The van der Waals surface area contributed by atoms with E-state index in [-0.39, 0.29) is 5.56 Å². The fraction of sp³-hybridized carbons (Fsp3) is 0.136. The molecule has 4 nitrogen and oxygen atoms in total. The van der Waals surface area contributed by atoms with Crippen molar-refractivity contribution in [3.8, 4) is 11.5 Å². The van der Waals surface area contributed by atoms with E-state index >= 15 is 0 Å². The third kappa shape index (κ3) is 2.34. The molecular weight excluding hydrogens is 328 g/mol. The predicted molar refractivity (Wildman–Crippen MR) is 98.2 cm³/mol. The second-order valence-electron chi connectivity index (χ2n) is 6.28. The largest absolute Gasteiger partial charge is 0.497 e. The van der Waals surface area contributed by atoms with Gasteiger partial charge in [0.2, 0.25) is 0 Å². The fourth-order valence-corrected chi connectivity index (χ4v) is 3.70. The fourth-order valence-electron chi connectivity index (χ4n) is 3.70. The summed E-state index contributed by atoms with van der Waals surface area (Å²) in [6, 6.07) is 23.2. The molecule has 0 amide bonds. The van der Waals surface area contributed by atoms with Gasteiger partial charge >= 0.3 is 5.97 Å². The molecule has 3 aromatic carbocycles. The third-order valence-electron chi connectivity index (χ3n) is 4.99. The van der Waals surface area contributed by atoms with Gasteiger partial charge in [-0.1, -0.05) is 54.6 Å². The molecule has 4 heteroatoms. The number of fused-ring (bicyclic) bond motifs is 1. The van der Waals surface area contributed by atoms with Gasteiger partial charge in [0.05, 0.1) is 12.5 Å². The lowest BCUT2D eigenvalue weighted by molar-refractivity contribution is 0.0693. The van der Waals surface area contributed by atoms with E-state index in [0.717, 1.165) is 22.4 Å². The Hall–Kier alpha value is -3.27. The maximum absolute atomic E-state index is 11.6. The van der Waals surface area contributed by atoms with E-state index < -0.39 is 11.4 Å². The van der Waals surface area contributed by atoms with Crippen molar-refractivity contribution in [1.82, 2.24) is 0 Å². The van der Waals surface area contributed by atoms with Crippen molar-refractivity contribution in [1.29, 1.82) is 0 Å². The number of aromatic carboxylic acids is 1. The molecular formula is C22H18O4. The lowest BCUT2D eigenvalue weighted by Gasteiger charge is -2.29. The second-order valence-corrected chi connectivity index (χ2v) is 6.28. The minimum atomic E-state index is -0.986. The van der Waals surface area contributed by atoms with Gasteiger partial charge in [-0.2, -0.15) is 0 Å². The Kier molecular flexibility index (Phi) is 3.88. The number of hydrogen-bond acceptors (Lipinski definition) is 3. The zero-order valence-corrected chi connectivity index (χ0v) is 14.3. The van der Waals surface area contributed by atoms with E-state index in [9.17, 15) is 9.90 Å². The molecule has 130 valence electrons. The monoisotopic (exact) mass is 346 g/mol. The van der Waals surface area contributed by atoms with Crippen LogP contribution in [0.25, 0.3) is 0 Å². The number of methoxy groups -OCH3 is 1. The maximum atomic E-state index is 11.6. The number of para-hydroxylation sites is 1. The Morgan fingerprint density at radius 1 is 0.962 bits per heavy atom. The van der Waals surface area contributed by atoms with Crippen LogP contribution in [0.4, 0.5) is 0 Å². The van der Waals surface area contributed by atoms with Crippen LogP contribution in [0.2, 0.25) is 0 Å². The standard InChI is InChI=1S/C22H18O4/c1-25-17-12-10-16(11-13-17)22(15-6-3-2-4-7-15)14-26-20-18(21(23)24)8-5-9-19(20)22/h2-13H,14H2,1H3,(H,23,24). The van der Waals surface area contributed by atoms with E-state index in [4.69, 9.17) is 9.47 Å². The molecule has 0 aromatic heterocycles. The number of carbonyl (C=O) groups is 1. The first kappa shape index (κ1) is 16.2. The Balaban J connectivity index is 1.99. The van der Waals surface area contributed by atoms with Crippen LogP contribution in [0.3, 0.4) is 0 Å². The van der Waals surface area contributed by atoms with Crippen LogP contribution in [0.1, 0.15) is 27.0 Å². The number of carboxylic acid groups (broad SMARTS) is 1. The zero-order chi connectivity index (χ0) is 18.1. The summed E-state index contributed by atoms with van der Waals surface area (Å²) in [5.74, 6) is 0.232. The van der Waals surface area contributed by atoms with E-state index in [1.807, 2.05) is 48.5 Å². The second kappa shape index (κ2) is 6.23. The molecule has 1 heterocycles. The molecule has 26 heavy (non-hydrogen) atoms. The predicted octanol–water partition coefficient (Wildman–Crippen LogP) is 4.12. The summed E-state index contributed by atoms with van der Waals surface area (Å²) in [4.78, 5) is 11.6. The molecule has 0 bridgehead atoms. The van der Waals surface area contributed by atoms with Crippen LogP contribution in [-0.2, 0) is 5.41 Å². The highest BCUT2D eigenvalue weighted by Crippen LogP contribution is 2.49. The quantitative estimate of drug-likeness (QED) is 0.772. The molecule has 1 N–H and O–H groups in total. The SMILES string of the molecule is COc1ccc(C2(c3ccccc3)COc3c(C(=O)O)cccc32)cc1. The highest BCUT2D eigenvalue weighted by atomic mass is 16.5. The number of benzene rings is 3. The highest BCUT2D eigenvalue weighted by molar-refractivity contribution is 5.92. The molecule has 0 spiro atoms. The van der Waals surface area contributed by atoms with Crippen molar-refractivity contribution in [3.05, 3.63) is 95.1 Å². The normalized spacial score (nSPS) is 18.0. The van der Waals surface area contributed by atoms with Crippen molar-refractivity contribution in [2.24, 2.45) is 0 Å². The first-order valence-corrected chi connectivity index (χ1v) is 8.36. The molecule has 0 aliphatic carbocycles. The molecule has 1 aliphatic heterocycles. The number of hydrogen-bond donors (Lipinski definition) is 1. The first-order valence-electron chi connectivity index (χ1n) is 8.36. The van der Waals surface area contributed by atoms with Gasteiger partial charge in [-0.15, -0.1) is 0 Å². The molecule has 1 unspecified atom stereocenters. The van der Waals surface area contributed by atoms with E-state index in [2.05, 4.69) is 12.1 Å². The van der Waals surface area contributed by atoms with E-state index in [1.165, 1.54) is 0 Å². The smallest absolute Gasteiger partial charge is 0.339 e. The summed E-state index contributed by atoms with van der Waals surface area (Å²) in [5.41, 5.74) is 2.59. The zero-order valence-electron chi connectivity index (χ0n) is 14.3. The maximum Gasteiger partial charge on any atom is 0.339 e. The summed E-state index contributed by atoms with van der Waals surface area (Å²) >= 11 is 0. The summed E-state index contributed by atoms with van der Waals surface area (Å²) in [7, 11) is 1.63. The van der Waals surface area contributed by atoms with Crippen molar-refractivity contribution in [2.75, 3.05) is 13.7 Å². The summed E-state index contributed by atoms with van der Waals surface area (Å²) in [6.45, 7) is 0.350. The molecule has 0 saturated carbocycles. The van der Waals surface area contributed by atoms with Crippen LogP contribution in [0, 0.1) is 0 Å². The van der Waals surface area contributed by atoms with Gasteiger partial charge in [0.25, 0.3) is 0 Å². The Morgan fingerprint density at radius 3 is 2.31 bits per heavy atom. The molecule has 4 rings (SSSR count). The third-order valence-corrected chi connectivity index (χ3v) is 4.99. The van der Waals surface area contributed by atoms with Crippen molar-refractivity contribution >= 4 is 5.97 Å². The van der Waals surface area contributed by atoms with Crippen molar-refractivity contribution in [3.63, 3.8) is 0 Å². The van der Waals surface area contributed by atoms with Crippen LogP contribution in [-0.4, -0.2) is 24.8 Å². The summed E-state index contributed by atoms with van der Waals surface area (Å²) in [5, 5.41) is 9.53. The van der Waals surface area contributed by atoms with E-state index in [0.29, 0.717) is 12.4 Å². The van der Waals surface area contributed by atoms with Gasteiger partial charge in [0, 0.05) is 5.56 Å². The minimum absolute atomic E-state index is 0.189. The molecule has 0 fully saturated rings.